The number of aromatic nitrogens is 1. The Morgan fingerprint density at radius 1 is 1.03 bits per heavy atom. The van der Waals surface area contributed by atoms with Crippen LogP contribution in [0.25, 0.3) is 0 Å². The lowest BCUT2D eigenvalue weighted by Gasteiger charge is -2.32. The van der Waals surface area contributed by atoms with E-state index in [4.69, 9.17) is 4.98 Å². The normalized spacial score (nSPS) is 17.2. The number of hydrogen-bond acceptors (Lipinski definition) is 3. The van der Waals surface area contributed by atoms with Gasteiger partial charge in [0.05, 0.1) is 11.3 Å². The van der Waals surface area contributed by atoms with Crippen LogP contribution in [-0.4, -0.2) is 34.8 Å². The van der Waals surface area contributed by atoms with E-state index >= 15 is 0 Å². The van der Waals surface area contributed by atoms with Crippen LogP contribution in [0.5, 0.6) is 0 Å². The second-order valence-corrected chi connectivity index (χ2v) is 8.37. The molecule has 1 saturated heterocycles. The van der Waals surface area contributed by atoms with E-state index in [1.165, 1.54) is 5.56 Å². The Hall–Kier alpha value is -2.69. The third kappa shape index (κ3) is 4.50. The molecular formula is C24H29N3O2. The predicted octanol–water partition coefficient (Wildman–Crippen LogP) is 3.74. The molecule has 1 aliphatic heterocycles. The fourth-order valence-electron chi connectivity index (χ4n) is 4.12. The largest absolute Gasteiger partial charge is 0.348 e. The first-order valence-corrected chi connectivity index (χ1v) is 10.6. The highest BCUT2D eigenvalue weighted by Gasteiger charge is 2.35. The van der Waals surface area contributed by atoms with E-state index in [1.54, 1.807) is 0 Å². The van der Waals surface area contributed by atoms with Gasteiger partial charge >= 0.3 is 0 Å². The minimum absolute atomic E-state index is 0.0766. The van der Waals surface area contributed by atoms with Crippen LogP contribution in [0.3, 0.4) is 0 Å². The number of carbonyl (C=O) groups is 2. The third-order valence-electron chi connectivity index (χ3n) is 6.13. The highest BCUT2D eigenvalue weighted by molar-refractivity contribution is 5.95. The lowest BCUT2D eigenvalue weighted by Crippen LogP contribution is -2.39. The van der Waals surface area contributed by atoms with Gasteiger partial charge in [-0.05, 0) is 62.8 Å². The van der Waals surface area contributed by atoms with Crippen molar-refractivity contribution < 1.29 is 9.59 Å². The van der Waals surface area contributed by atoms with Crippen LogP contribution in [0.1, 0.15) is 64.5 Å². The average molecular weight is 392 g/mol. The Balaban J connectivity index is 1.45. The number of nitrogens with zero attached hydrogens (tertiary/aromatic N) is 2. The molecule has 2 aromatic rings. The molecule has 152 valence electrons. The quantitative estimate of drug-likeness (QED) is 0.844. The minimum atomic E-state index is -0.0766. The van der Waals surface area contributed by atoms with E-state index < -0.39 is 0 Å². The molecule has 2 aliphatic rings. The van der Waals surface area contributed by atoms with Crippen LogP contribution in [-0.2, 0) is 11.3 Å². The van der Waals surface area contributed by atoms with Gasteiger partial charge in [-0.1, -0.05) is 24.3 Å². The molecule has 29 heavy (non-hydrogen) atoms. The van der Waals surface area contributed by atoms with Gasteiger partial charge in [0.25, 0.3) is 5.91 Å². The number of likely N-dealkylation sites (tertiary alicyclic amines) is 1. The minimum Gasteiger partial charge on any atom is -0.348 e. The molecular weight excluding hydrogens is 362 g/mol. The van der Waals surface area contributed by atoms with Crippen molar-refractivity contribution in [1.82, 2.24) is 15.2 Å². The predicted molar refractivity (Wildman–Crippen MR) is 113 cm³/mol. The van der Waals surface area contributed by atoms with Crippen LogP contribution in [0, 0.1) is 19.8 Å². The maximum Gasteiger partial charge on any atom is 0.253 e. The Bertz CT molecular complexity index is 912. The molecule has 0 unspecified atom stereocenters. The highest BCUT2D eigenvalue weighted by Crippen LogP contribution is 2.34. The monoisotopic (exact) mass is 391 g/mol. The van der Waals surface area contributed by atoms with Crippen molar-refractivity contribution in [2.75, 3.05) is 13.1 Å². The molecule has 4 rings (SSSR count). The summed E-state index contributed by atoms with van der Waals surface area (Å²) in [4.78, 5) is 32.0. The average Bonchev–Trinajstić information content (AvgIpc) is 3.58. The Morgan fingerprint density at radius 3 is 2.45 bits per heavy atom. The van der Waals surface area contributed by atoms with E-state index in [-0.39, 0.29) is 17.7 Å². The molecule has 0 bridgehead atoms. The molecule has 1 aromatic carbocycles. The molecule has 1 aromatic heterocycles. The van der Waals surface area contributed by atoms with Crippen molar-refractivity contribution >= 4 is 11.8 Å². The molecule has 5 nitrogen and oxygen atoms in total. The van der Waals surface area contributed by atoms with Crippen molar-refractivity contribution in [1.29, 1.82) is 0 Å². The van der Waals surface area contributed by atoms with Gasteiger partial charge in [0.1, 0.15) is 0 Å². The summed E-state index contributed by atoms with van der Waals surface area (Å²) in [5.74, 6) is 0.730. The van der Waals surface area contributed by atoms with E-state index in [2.05, 4.69) is 18.3 Å². The third-order valence-corrected chi connectivity index (χ3v) is 6.13. The number of amides is 2. The molecule has 1 saturated carbocycles. The SMILES string of the molecule is Cc1ccc(C(=O)NCc2ccccc2C)c(C2CCN(C(=O)C3CC3)CC2)n1. The van der Waals surface area contributed by atoms with Crippen molar-refractivity contribution in [2.24, 2.45) is 5.92 Å². The second-order valence-electron chi connectivity index (χ2n) is 8.37. The molecule has 0 atom stereocenters. The number of pyridine rings is 1. The zero-order valence-electron chi connectivity index (χ0n) is 17.3. The van der Waals surface area contributed by atoms with Crippen LogP contribution in [0.2, 0.25) is 0 Å². The Morgan fingerprint density at radius 2 is 1.76 bits per heavy atom. The summed E-state index contributed by atoms with van der Waals surface area (Å²) >= 11 is 0. The number of nitrogens with one attached hydrogen (secondary N) is 1. The van der Waals surface area contributed by atoms with Gasteiger partial charge in [-0.3, -0.25) is 14.6 Å². The van der Waals surface area contributed by atoms with E-state index in [1.807, 2.05) is 42.2 Å². The van der Waals surface area contributed by atoms with Gasteiger partial charge < -0.3 is 10.2 Å². The van der Waals surface area contributed by atoms with Crippen molar-refractivity contribution in [3.05, 3.63) is 64.5 Å². The lowest BCUT2D eigenvalue weighted by atomic mass is 9.89. The molecule has 1 N–H and O–H groups in total. The topological polar surface area (TPSA) is 62.3 Å². The number of hydrogen-bond donors (Lipinski definition) is 1. The van der Waals surface area contributed by atoms with E-state index in [9.17, 15) is 9.59 Å². The van der Waals surface area contributed by atoms with Gasteiger partial charge in [0.2, 0.25) is 5.91 Å². The molecule has 5 heteroatoms. The fourth-order valence-corrected chi connectivity index (χ4v) is 4.12. The number of aryl methyl sites for hydroxylation is 2. The maximum atomic E-state index is 13.0. The standard InChI is InChI=1S/C24H29N3O2/c1-16-5-3-4-6-20(16)15-25-23(28)21-10-7-17(2)26-22(21)18-11-13-27(14-12-18)24(29)19-8-9-19/h3-7,10,18-19H,8-9,11-15H2,1-2H3,(H,25,28). The summed E-state index contributed by atoms with van der Waals surface area (Å²) in [6.45, 7) is 6.05. The first kappa shape index (κ1) is 19.6. The van der Waals surface area contributed by atoms with E-state index in [0.717, 1.165) is 55.7 Å². The number of benzene rings is 1. The summed E-state index contributed by atoms with van der Waals surface area (Å²) in [7, 11) is 0. The smallest absolute Gasteiger partial charge is 0.253 e. The first-order valence-electron chi connectivity index (χ1n) is 10.6. The van der Waals surface area contributed by atoms with Crippen LogP contribution in [0.15, 0.2) is 36.4 Å². The van der Waals surface area contributed by atoms with Crippen molar-refractivity contribution in [3.63, 3.8) is 0 Å². The summed E-state index contributed by atoms with van der Waals surface area (Å²) in [5, 5.41) is 3.06. The van der Waals surface area contributed by atoms with Crippen LogP contribution >= 0.6 is 0 Å². The summed E-state index contributed by atoms with van der Waals surface area (Å²) in [5.41, 5.74) is 4.76. The van der Waals surface area contributed by atoms with E-state index in [0.29, 0.717) is 18.0 Å². The molecule has 0 radical (unpaired) electrons. The summed E-state index contributed by atoms with van der Waals surface area (Å²) in [6, 6.07) is 11.9. The van der Waals surface area contributed by atoms with Gasteiger partial charge in [0.15, 0.2) is 0 Å². The van der Waals surface area contributed by atoms with Gasteiger partial charge in [-0.25, -0.2) is 0 Å². The van der Waals surface area contributed by atoms with Gasteiger partial charge in [-0.2, -0.15) is 0 Å². The zero-order chi connectivity index (χ0) is 20.4. The molecule has 1 aliphatic carbocycles. The molecule has 0 spiro atoms. The van der Waals surface area contributed by atoms with Gasteiger partial charge in [0, 0.05) is 37.2 Å². The lowest BCUT2D eigenvalue weighted by molar-refractivity contribution is -0.133. The number of piperidine rings is 1. The summed E-state index contributed by atoms with van der Waals surface area (Å²) < 4.78 is 0. The number of carbonyl (C=O) groups excluding carboxylic acids is 2. The molecule has 2 amide bonds. The zero-order valence-corrected chi connectivity index (χ0v) is 17.3. The maximum absolute atomic E-state index is 13.0. The summed E-state index contributed by atoms with van der Waals surface area (Å²) in [6.07, 6.45) is 3.83. The number of rotatable bonds is 5. The fraction of sp³-hybridized carbons (Fsp3) is 0.458. The second kappa shape index (κ2) is 8.36. The van der Waals surface area contributed by atoms with Crippen molar-refractivity contribution in [3.8, 4) is 0 Å². The van der Waals surface area contributed by atoms with Crippen LogP contribution in [0.4, 0.5) is 0 Å². The van der Waals surface area contributed by atoms with Crippen molar-refractivity contribution in [2.45, 2.75) is 52.0 Å². The van der Waals surface area contributed by atoms with Crippen LogP contribution < -0.4 is 5.32 Å². The van der Waals surface area contributed by atoms with Gasteiger partial charge in [-0.15, -0.1) is 0 Å². The Labute approximate surface area is 172 Å². The first-order chi connectivity index (χ1) is 14.0. The molecule has 2 fully saturated rings. The Kier molecular flexibility index (Phi) is 5.65. The molecule has 2 heterocycles. The highest BCUT2D eigenvalue weighted by atomic mass is 16.2.